The predicted molar refractivity (Wildman–Crippen MR) is 120 cm³/mol. The molecule has 2 amide bonds. The van der Waals surface area contributed by atoms with Crippen molar-refractivity contribution in [3.8, 4) is 11.5 Å². The fraction of sp³-hybridized carbons (Fsp3) is 0.333. The van der Waals surface area contributed by atoms with Crippen LogP contribution in [-0.2, 0) is 19.4 Å². The second kappa shape index (κ2) is 9.61. The minimum Gasteiger partial charge on any atom is -0.497 e. The molecule has 1 heterocycles. The Bertz CT molecular complexity index is 1080. The molecule has 166 valence electrons. The summed E-state index contributed by atoms with van der Waals surface area (Å²) < 4.78 is 36.4. The molecule has 0 aliphatic carbocycles. The van der Waals surface area contributed by atoms with Gasteiger partial charge < -0.3 is 20.1 Å². The van der Waals surface area contributed by atoms with E-state index in [1.807, 2.05) is 0 Å². The zero-order valence-corrected chi connectivity index (χ0v) is 19.1. The SMILES string of the molecule is COc1cc(NC(=O)C[C@@H](C)S(=O)(=O)c2ccc3c(c2)NC(=O)CCS3)cc(OC)c1. The summed E-state index contributed by atoms with van der Waals surface area (Å²) in [5.74, 6) is 1.03. The number of anilines is 2. The molecule has 3 rings (SSSR count). The highest BCUT2D eigenvalue weighted by Crippen LogP contribution is 2.34. The predicted octanol–water partition coefficient (Wildman–Crippen LogP) is 3.33. The lowest BCUT2D eigenvalue weighted by Gasteiger charge is -2.15. The highest BCUT2D eigenvalue weighted by atomic mass is 32.2. The minimum atomic E-state index is -3.79. The Kier molecular flexibility index (Phi) is 7.11. The number of carbonyl (C=O) groups excluding carboxylic acids is 2. The number of nitrogens with one attached hydrogen (secondary N) is 2. The maximum Gasteiger partial charge on any atom is 0.225 e. The van der Waals surface area contributed by atoms with Gasteiger partial charge in [0.05, 0.1) is 30.1 Å². The van der Waals surface area contributed by atoms with Gasteiger partial charge in [-0.2, -0.15) is 0 Å². The van der Waals surface area contributed by atoms with E-state index in [1.165, 1.54) is 45.0 Å². The first-order chi connectivity index (χ1) is 14.7. The van der Waals surface area contributed by atoms with E-state index in [1.54, 1.807) is 24.3 Å². The summed E-state index contributed by atoms with van der Waals surface area (Å²) in [7, 11) is -0.793. The molecule has 8 nitrogen and oxygen atoms in total. The molecule has 0 unspecified atom stereocenters. The van der Waals surface area contributed by atoms with Gasteiger partial charge in [0.15, 0.2) is 9.84 Å². The second-order valence-electron chi connectivity index (χ2n) is 7.01. The first-order valence-corrected chi connectivity index (χ1v) is 12.1. The van der Waals surface area contributed by atoms with Gasteiger partial charge in [0.1, 0.15) is 11.5 Å². The van der Waals surface area contributed by atoms with Crippen molar-refractivity contribution in [3.05, 3.63) is 36.4 Å². The summed E-state index contributed by atoms with van der Waals surface area (Å²) in [5, 5.41) is 4.46. The zero-order chi connectivity index (χ0) is 22.6. The lowest BCUT2D eigenvalue weighted by molar-refractivity contribution is -0.116. The van der Waals surface area contributed by atoms with Crippen LogP contribution in [-0.4, -0.2) is 45.5 Å². The number of fused-ring (bicyclic) bond motifs is 1. The normalized spacial score (nSPS) is 14.6. The Morgan fingerprint density at radius 2 is 1.84 bits per heavy atom. The lowest BCUT2D eigenvalue weighted by atomic mass is 10.2. The van der Waals surface area contributed by atoms with Crippen molar-refractivity contribution >= 4 is 44.8 Å². The Morgan fingerprint density at radius 1 is 1.16 bits per heavy atom. The van der Waals surface area contributed by atoms with Gasteiger partial charge in [-0.15, -0.1) is 11.8 Å². The molecule has 10 heteroatoms. The van der Waals surface area contributed by atoms with E-state index in [2.05, 4.69) is 10.6 Å². The summed E-state index contributed by atoms with van der Waals surface area (Å²) in [6, 6.07) is 9.56. The number of thioether (sulfide) groups is 1. The monoisotopic (exact) mass is 464 g/mol. The number of benzene rings is 2. The van der Waals surface area contributed by atoms with Crippen LogP contribution in [0.1, 0.15) is 19.8 Å². The quantitative estimate of drug-likeness (QED) is 0.647. The lowest BCUT2D eigenvalue weighted by Crippen LogP contribution is -2.25. The molecule has 0 fully saturated rings. The Hall–Kier alpha value is -2.72. The van der Waals surface area contributed by atoms with E-state index in [9.17, 15) is 18.0 Å². The van der Waals surface area contributed by atoms with E-state index in [0.29, 0.717) is 35.0 Å². The largest absolute Gasteiger partial charge is 0.497 e. The van der Waals surface area contributed by atoms with Crippen LogP contribution in [0, 0.1) is 0 Å². The van der Waals surface area contributed by atoms with E-state index >= 15 is 0 Å². The summed E-state index contributed by atoms with van der Waals surface area (Å²) in [6.07, 6.45) is 0.132. The van der Waals surface area contributed by atoms with Gasteiger partial charge in [-0.05, 0) is 25.1 Å². The van der Waals surface area contributed by atoms with Crippen LogP contribution in [0.3, 0.4) is 0 Å². The van der Waals surface area contributed by atoms with Gasteiger partial charge in [-0.1, -0.05) is 0 Å². The molecule has 31 heavy (non-hydrogen) atoms. The molecule has 0 bridgehead atoms. The Labute approximate surface area is 185 Å². The number of carbonyl (C=O) groups is 2. The fourth-order valence-corrected chi connectivity index (χ4v) is 5.38. The standard InChI is InChI=1S/C21H24N2O6S2/c1-13(8-21(25)22-14-9-15(28-2)11-16(10-14)29-3)31(26,27)17-4-5-19-18(12-17)23-20(24)6-7-30-19/h4-5,9-13H,6-8H2,1-3H3,(H,22,25)(H,23,24)/t13-/m1/s1. The van der Waals surface area contributed by atoms with Gasteiger partial charge in [-0.25, -0.2) is 8.42 Å². The van der Waals surface area contributed by atoms with Crippen molar-refractivity contribution < 1.29 is 27.5 Å². The van der Waals surface area contributed by atoms with Gasteiger partial charge in [0.25, 0.3) is 0 Å². The molecule has 0 radical (unpaired) electrons. The number of hydrogen-bond donors (Lipinski definition) is 2. The van der Waals surface area contributed by atoms with Crippen LogP contribution in [0.4, 0.5) is 11.4 Å². The molecule has 0 spiro atoms. The summed E-state index contributed by atoms with van der Waals surface area (Å²) in [6.45, 7) is 1.49. The van der Waals surface area contributed by atoms with Gasteiger partial charge in [0, 0.05) is 47.4 Å². The molecule has 2 aromatic carbocycles. The zero-order valence-electron chi connectivity index (χ0n) is 17.4. The molecule has 1 atom stereocenters. The van der Waals surface area contributed by atoms with Crippen LogP contribution < -0.4 is 20.1 Å². The van der Waals surface area contributed by atoms with Crippen molar-refractivity contribution in [1.29, 1.82) is 0 Å². The third-order valence-electron chi connectivity index (χ3n) is 4.78. The maximum atomic E-state index is 13.0. The average Bonchev–Trinajstić information content (AvgIpc) is 2.92. The topological polar surface area (TPSA) is 111 Å². The van der Waals surface area contributed by atoms with Crippen LogP contribution in [0.15, 0.2) is 46.2 Å². The molecule has 0 saturated carbocycles. The molecule has 0 aromatic heterocycles. The second-order valence-corrected chi connectivity index (χ2v) is 10.5. The summed E-state index contributed by atoms with van der Waals surface area (Å²) in [4.78, 5) is 25.2. The van der Waals surface area contributed by atoms with Crippen LogP contribution in [0.25, 0.3) is 0 Å². The van der Waals surface area contributed by atoms with E-state index in [0.717, 1.165) is 4.90 Å². The number of sulfone groups is 1. The molecule has 1 aliphatic heterocycles. The number of ether oxygens (including phenoxy) is 2. The third kappa shape index (κ3) is 5.50. The Morgan fingerprint density at radius 3 is 2.48 bits per heavy atom. The number of amides is 2. The number of methoxy groups -OCH3 is 2. The van der Waals surface area contributed by atoms with Crippen molar-refractivity contribution in [3.63, 3.8) is 0 Å². The highest BCUT2D eigenvalue weighted by Gasteiger charge is 2.27. The average molecular weight is 465 g/mol. The number of hydrogen-bond acceptors (Lipinski definition) is 7. The first-order valence-electron chi connectivity index (χ1n) is 9.56. The summed E-state index contributed by atoms with van der Waals surface area (Å²) >= 11 is 1.50. The summed E-state index contributed by atoms with van der Waals surface area (Å²) in [5.41, 5.74) is 0.921. The number of rotatable bonds is 7. The molecular weight excluding hydrogens is 440 g/mol. The fourth-order valence-electron chi connectivity index (χ4n) is 3.07. The first kappa shape index (κ1) is 23.0. The minimum absolute atomic E-state index is 0.0670. The van der Waals surface area contributed by atoms with Gasteiger partial charge >= 0.3 is 0 Å². The molecular formula is C21H24N2O6S2. The smallest absolute Gasteiger partial charge is 0.225 e. The molecule has 0 saturated heterocycles. The Balaban J connectivity index is 1.74. The van der Waals surface area contributed by atoms with E-state index in [4.69, 9.17) is 9.47 Å². The van der Waals surface area contributed by atoms with Gasteiger partial charge in [0.2, 0.25) is 11.8 Å². The van der Waals surface area contributed by atoms with Crippen molar-refractivity contribution in [2.45, 2.75) is 34.8 Å². The van der Waals surface area contributed by atoms with Crippen LogP contribution >= 0.6 is 11.8 Å². The van der Waals surface area contributed by atoms with E-state index in [-0.39, 0.29) is 17.2 Å². The molecule has 2 aromatic rings. The van der Waals surface area contributed by atoms with Crippen LogP contribution in [0.5, 0.6) is 11.5 Å². The van der Waals surface area contributed by atoms with Crippen molar-refractivity contribution in [2.75, 3.05) is 30.6 Å². The third-order valence-corrected chi connectivity index (χ3v) is 7.99. The highest BCUT2D eigenvalue weighted by molar-refractivity contribution is 7.99. The maximum absolute atomic E-state index is 13.0. The van der Waals surface area contributed by atoms with Crippen LogP contribution in [0.2, 0.25) is 0 Å². The molecule has 2 N–H and O–H groups in total. The van der Waals surface area contributed by atoms with Gasteiger partial charge in [-0.3, -0.25) is 9.59 Å². The molecule has 1 aliphatic rings. The van der Waals surface area contributed by atoms with Crippen molar-refractivity contribution in [1.82, 2.24) is 0 Å². The van der Waals surface area contributed by atoms with Crippen molar-refractivity contribution in [2.24, 2.45) is 0 Å². The van der Waals surface area contributed by atoms with E-state index < -0.39 is 21.0 Å².